The molecule has 3 rings (SSSR count). The van der Waals surface area contributed by atoms with Gasteiger partial charge in [0, 0.05) is 32.7 Å². The predicted molar refractivity (Wildman–Crippen MR) is 91.1 cm³/mol. The molecule has 2 aromatic rings. The van der Waals surface area contributed by atoms with Crippen molar-refractivity contribution in [2.45, 2.75) is 54.9 Å². The van der Waals surface area contributed by atoms with Crippen LogP contribution in [0.2, 0.25) is 0 Å². The van der Waals surface area contributed by atoms with Crippen LogP contribution in [0, 0.1) is 54.5 Å². The first-order valence-electron chi connectivity index (χ1n) is 7.91. The SMILES string of the molecule is Cc1[c-]c2c(c(C)c1C)Cc1c(C)c(C)c(C)c(C)c1C2=O.[Y]. The van der Waals surface area contributed by atoms with Crippen LogP contribution >= 0.6 is 0 Å². The standard InChI is InChI=1S/C21H23O.Y/c1-10-8-19-17(14(5)11(10)2)9-18-15(6)12(3)13(4)16(7)20(18)21(19)22;/h9H2,1-7H3;/q-1;. The molecule has 0 atom stereocenters. The molecule has 2 aromatic carbocycles. The van der Waals surface area contributed by atoms with Gasteiger partial charge in [0.25, 0.3) is 0 Å². The van der Waals surface area contributed by atoms with Crippen LogP contribution < -0.4 is 0 Å². The van der Waals surface area contributed by atoms with E-state index in [4.69, 9.17) is 0 Å². The molecule has 1 nitrogen and oxygen atoms in total. The van der Waals surface area contributed by atoms with Gasteiger partial charge in [-0.1, -0.05) is 26.3 Å². The summed E-state index contributed by atoms with van der Waals surface area (Å²) in [6, 6.07) is 3.36. The summed E-state index contributed by atoms with van der Waals surface area (Å²) in [5.74, 6) is 0.158. The van der Waals surface area contributed by atoms with Gasteiger partial charge < -0.3 is 4.79 Å². The third-order valence-corrected chi connectivity index (χ3v) is 5.82. The largest absolute Gasteiger partial charge is 0.346 e. The fourth-order valence-electron chi connectivity index (χ4n) is 3.69. The van der Waals surface area contributed by atoms with Crippen LogP contribution in [0.5, 0.6) is 0 Å². The zero-order chi connectivity index (χ0) is 16.3. The third-order valence-electron chi connectivity index (χ3n) is 5.82. The maximum atomic E-state index is 13.1. The molecule has 0 bridgehead atoms. The Kier molecular flexibility index (Phi) is 5.05. The zero-order valence-corrected chi connectivity index (χ0v) is 18.0. The number of hydrogen-bond donors (Lipinski definition) is 0. The molecule has 0 aromatic heterocycles. The second kappa shape index (κ2) is 6.26. The van der Waals surface area contributed by atoms with Gasteiger partial charge in [-0.15, -0.1) is 28.3 Å². The van der Waals surface area contributed by atoms with Crippen molar-refractivity contribution in [2.24, 2.45) is 0 Å². The Labute approximate surface area is 164 Å². The molecular weight excluding hydrogens is 357 g/mol. The molecule has 0 saturated carbocycles. The van der Waals surface area contributed by atoms with Crippen molar-refractivity contribution < 1.29 is 37.5 Å². The Bertz CT molecular complexity index is 844. The molecule has 0 aliphatic heterocycles. The Hall–Kier alpha value is -0.786. The summed E-state index contributed by atoms with van der Waals surface area (Å²) < 4.78 is 0. The van der Waals surface area contributed by atoms with E-state index < -0.39 is 0 Å². The van der Waals surface area contributed by atoms with Gasteiger partial charge in [0.05, 0.1) is 0 Å². The predicted octanol–water partition coefficient (Wildman–Crippen LogP) is 4.78. The molecule has 0 saturated heterocycles. The van der Waals surface area contributed by atoms with Crippen molar-refractivity contribution >= 4 is 5.78 Å². The normalized spacial score (nSPS) is 12.6. The van der Waals surface area contributed by atoms with Gasteiger partial charge in [0.15, 0.2) is 0 Å². The molecule has 0 spiro atoms. The van der Waals surface area contributed by atoms with Gasteiger partial charge in [-0.05, 0) is 67.5 Å². The third kappa shape index (κ3) is 2.57. The molecule has 1 aliphatic rings. The van der Waals surface area contributed by atoms with E-state index >= 15 is 0 Å². The number of aryl methyl sites for hydroxylation is 1. The van der Waals surface area contributed by atoms with Crippen LogP contribution in [-0.4, -0.2) is 5.78 Å². The van der Waals surface area contributed by atoms with Crippen LogP contribution in [-0.2, 0) is 39.1 Å². The number of benzene rings is 2. The summed E-state index contributed by atoms with van der Waals surface area (Å²) in [5.41, 5.74) is 12.7. The fourth-order valence-corrected chi connectivity index (χ4v) is 3.69. The Morgan fingerprint density at radius 3 is 1.83 bits per heavy atom. The van der Waals surface area contributed by atoms with Crippen LogP contribution in [0.4, 0.5) is 0 Å². The molecule has 0 unspecified atom stereocenters. The molecule has 2 heteroatoms. The minimum atomic E-state index is 0. The van der Waals surface area contributed by atoms with Crippen LogP contribution in [0.25, 0.3) is 0 Å². The summed E-state index contributed by atoms with van der Waals surface area (Å²) in [7, 11) is 0. The van der Waals surface area contributed by atoms with Crippen LogP contribution in [0.3, 0.4) is 0 Å². The van der Waals surface area contributed by atoms with Gasteiger partial charge in [-0.2, -0.15) is 0 Å². The van der Waals surface area contributed by atoms with Crippen LogP contribution in [0.1, 0.15) is 66.0 Å². The van der Waals surface area contributed by atoms with Crippen molar-refractivity contribution in [3.63, 3.8) is 0 Å². The van der Waals surface area contributed by atoms with E-state index in [1.54, 1.807) is 0 Å². The second-order valence-electron chi connectivity index (χ2n) is 6.71. The van der Waals surface area contributed by atoms with E-state index in [1.807, 2.05) is 6.92 Å². The fraction of sp³-hybridized carbons (Fsp3) is 0.381. The molecule has 0 amide bonds. The summed E-state index contributed by atoms with van der Waals surface area (Å²) in [5, 5.41) is 0. The summed E-state index contributed by atoms with van der Waals surface area (Å²) in [4.78, 5) is 13.1. The van der Waals surface area contributed by atoms with Gasteiger partial charge in [0.2, 0.25) is 0 Å². The number of ketones is 1. The molecule has 1 radical (unpaired) electrons. The zero-order valence-electron chi connectivity index (χ0n) is 15.2. The molecule has 0 fully saturated rings. The van der Waals surface area contributed by atoms with Crippen molar-refractivity contribution in [1.29, 1.82) is 0 Å². The Balaban J connectivity index is 0.00000192. The summed E-state index contributed by atoms with van der Waals surface area (Å²) in [6.07, 6.45) is 0.855. The number of hydrogen-bond acceptors (Lipinski definition) is 1. The second-order valence-corrected chi connectivity index (χ2v) is 6.71. The number of carbonyl (C=O) groups is 1. The monoisotopic (exact) mass is 380 g/mol. The first-order valence-corrected chi connectivity index (χ1v) is 7.91. The number of rotatable bonds is 0. The molecule has 117 valence electrons. The molecule has 1 aliphatic carbocycles. The maximum Gasteiger partial charge on any atom is 0.109 e. The van der Waals surface area contributed by atoms with Crippen molar-refractivity contribution in [3.05, 3.63) is 67.3 Å². The number of carbonyl (C=O) groups excluding carboxylic acids is 1. The average molecular weight is 380 g/mol. The van der Waals surface area contributed by atoms with E-state index in [9.17, 15) is 4.79 Å². The molecular formula is C21H23OY-. The number of fused-ring (bicyclic) bond motifs is 2. The first kappa shape index (κ1) is 18.6. The first-order chi connectivity index (χ1) is 10.3. The topological polar surface area (TPSA) is 17.1 Å². The van der Waals surface area contributed by atoms with Crippen molar-refractivity contribution in [3.8, 4) is 0 Å². The molecule has 23 heavy (non-hydrogen) atoms. The van der Waals surface area contributed by atoms with Crippen LogP contribution in [0.15, 0.2) is 0 Å². The van der Waals surface area contributed by atoms with Gasteiger partial charge in [0.1, 0.15) is 5.78 Å². The average Bonchev–Trinajstić information content (AvgIpc) is 2.49. The van der Waals surface area contributed by atoms with E-state index in [-0.39, 0.29) is 38.5 Å². The Morgan fingerprint density at radius 1 is 0.696 bits per heavy atom. The van der Waals surface area contributed by atoms with E-state index in [0.29, 0.717) is 0 Å². The van der Waals surface area contributed by atoms with Crippen molar-refractivity contribution in [2.75, 3.05) is 0 Å². The summed E-state index contributed by atoms with van der Waals surface area (Å²) >= 11 is 0. The summed E-state index contributed by atoms with van der Waals surface area (Å²) in [6.45, 7) is 14.8. The van der Waals surface area contributed by atoms with Gasteiger partial charge in [-0.25, -0.2) is 0 Å². The minimum Gasteiger partial charge on any atom is -0.346 e. The minimum absolute atomic E-state index is 0. The molecule has 0 N–H and O–H groups in total. The van der Waals surface area contributed by atoms with E-state index in [2.05, 4.69) is 47.6 Å². The quantitative estimate of drug-likeness (QED) is 0.513. The Morgan fingerprint density at radius 2 is 1.22 bits per heavy atom. The van der Waals surface area contributed by atoms with Crippen molar-refractivity contribution in [1.82, 2.24) is 0 Å². The van der Waals surface area contributed by atoms with Gasteiger partial charge in [-0.3, -0.25) is 0 Å². The van der Waals surface area contributed by atoms with E-state index in [1.165, 1.54) is 38.9 Å². The maximum absolute atomic E-state index is 13.1. The molecule has 0 heterocycles. The van der Waals surface area contributed by atoms with E-state index in [0.717, 1.165) is 28.7 Å². The smallest absolute Gasteiger partial charge is 0.109 e. The van der Waals surface area contributed by atoms with Gasteiger partial charge >= 0.3 is 0 Å².